The fourth-order valence-corrected chi connectivity index (χ4v) is 2.43. The van der Waals surface area contributed by atoms with E-state index in [-0.39, 0.29) is 23.4 Å². The number of nitro groups is 1. The van der Waals surface area contributed by atoms with Crippen LogP contribution < -0.4 is 4.57 Å². The van der Waals surface area contributed by atoms with E-state index in [2.05, 4.69) is 15.9 Å². The molecular formula is C14H10BrN2O5+. The van der Waals surface area contributed by atoms with Gasteiger partial charge in [0.25, 0.3) is 5.69 Å². The quantitative estimate of drug-likeness (QED) is 0.378. The van der Waals surface area contributed by atoms with Crippen molar-refractivity contribution in [3.8, 4) is 0 Å². The number of para-hydroxylation sites is 1. The maximum Gasteiger partial charge on any atom is 0.341 e. The van der Waals surface area contributed by atoms with Gasteiger partial charge in [0.15, 0.2) is 12.4 Å². The van der Waals surface area contributed by atoms with E-state index in [0.29, 0.717) is 4.47 Å². The van der Waals surface area contributed by atoms with Crippen molar-refractivity contribution in [3.63, 3.8) is 0 Å². The van der Waals surface area contributed by atoms with Gasteiger partial charge in [-0.2, -0.15) is 4.57 Å². The van der Waals surface area contributed by atoms with Crippen LogP contribution in [0.15, 0.2) is 47.2 Å². The van der Waals surface area contributed by atoms with Crippen LogP contribution >= 0.6 is 15.9 Å². The maximum atomic E-state index is 12.2. The Bertz CT molecular complexity index is 776. The second-order valence-electron chi connectivity index (χ2n) is 4.42. The molecule has 7 nitrogen and oxygen atoms in total. The number of carbonyl (C=O) groups excluding carboxylic acids is 1. The van der Waals surface area contributed by atoms with Crippen LogP contribution in [-0.4, -0.2) is 21.8 Å². The van der Waals surface area contributed by atoms with Crippen molar-refractivity contribution in [1.82, 2.24) is 0 Å². The van der Waals surface area contributed by atoms with E-state index in [4.69, 9.17) is 5.11 Å². The molecular weight excluding hydrogens is 356 g/mol. The molecule has 1 aromatic carbocycles. The van der Waals surface area contributed by atoms with Gasteiger partial charge in [-0.1, -0.05) is 12.1 Å². The lowest BCUT2D eigenvalue weighted by Gasteiger charge is -2.01. The van der Waals surface area contributed by atoms with E-state index in [0.717, 1.165) is 0 Å². The van der Waals surface area contributed by atoms with Crippen molar-refractivity contribution in [2.75, 3.05) is 0 Å². The summed E-state index contributed by atoms with van der Waals surface area (Å²) in [4.78, 5) is 33.6. The van der Waals surface area contributed by atoms with Crippen LogP contribution in [-0.2, 0) is 6.54 Å². The largest absolute Gasteiger partial charge is 0.477 e. The average molecular weight is 366 g/mol. The Labute approximate surface area is 133 Å². The summed E-state index contributed by atoms with van der Waals surface area (Å²) in [7, 11) is 0. The number of carboxylic acid groups (broad SMARTS) is 1. The van der Waals surface area contributed by atoms with E-state index in [1.54, 1.807) is 0 Å². The van der Waals surface area contributed by atoms with Crippen molar-refractivity contribution >= 4 is 33.4 Å². The molecule has 0 amide bonds. The molecule has 22 heavy (non-hydrogen) atoms. The van der Waals surface area contributed by atoms with E-state index >= 15 is 0 Å². The van der Waals surface area contributed by atoms with E-state index in [1.807, 2.05) is 0 Å². The topological polar surface area (TPSA) is 101 Å². The lowest BCUT2D eigenvalue weighted by molar-refractivity contribution is -0.683. The Morgan fingerprint density at radius 3 is 2.59 bits per heavy atom. The third-order valence-corrected chi connectivity index (χ3v) is 3.30. The summed E-state index contributed by atoms with van der Waals surface area (Å²) in [5.74, 6) is -1.61. The summed E-state index contributed by atoms with van der Waals surface area (Å²) < 4.78 is 1.86. The summed E-state index contributed by atoms with van der Waals surface area (Å²) in [6.07, 6.45) is 2.82. The molecule has 0 aliphatic heterocycles. The van der Waals surface area contributed by atoms with Crippen LogP contribution in [0, 0.1) is 10.1 Å². The number of aromatic nitrogens is 1. The number of hydrogen-bond acceptors (Lipinski definition) is 4. The second-order valence-corrected chi connectivity index (χ2v) is 5.33. The number of hydrogen-bond donors (Lipinski definition) is 1. The summed E-state index contributed by atoms with van der Waals surface area (Å²) >= 11 is 3.16. The number of Topliss-reactive ketones (excluding diaryl/α,β-unsaturated/α-hetero) is 1. The van der Waals surface area contributed by atoms with E-state index in [9.17, 15) is 19.7 Å². The maximum absolute atomic E-state index is 12.2. The normalized spacial score (nSPS) is 10.2. The van der Waals surface area contributed by atoms with Crippen LogP contribution in [0.2, 0.25) is 0 Å². The van der Waals surface area contributed by atoms with Crippen molar-refractivity contribution < 1.29 is 24.2 Å². The number of carbonyl (C=O) groups is 2. The predicted molar refractivity (Wildman–Crippen MR) is 78.7 cm³/mol. The Balaban J connectivity index is 2.34. The number of ketones is 1. The van der Waals surface area contributed by atoms with Gasteiger partial charge in [-0.3, -0.25) is 14.9 Å². The second kappa shape index (κ2) is 6.44. The fourth-order valence-electron chi connectivity index (χ4n) is 1.93. The van der Waals surface area contributed by atoms with Gasteiger partial charge in [-0.05, 0) is 28.1 Å². The number of aromatic carboxylic acids is 1. The van der Waals surface area contributed by atoms with Crippen molar-refractivity contribution in [3.05, 3.63) is 68.4 Å². The molecule has 0 fully saturated rings. The highest BCUT2D eigenvalue weighted by Gasteiger charge is 2.23. The summed E-state index contributed by atoms with van der Waals surface area (Å²) in [5, 5.41) is 19.9. The monoisotopic (exact) mass is 365 g/mol. The highest BCUT2D eigenvalue weighted by molar-refractivity contribution is 9.10. The molecule has 0 saturated carbocycles. The van der Waals surface area contributed by atoms with Crippen LogP contribution in [0.1, 0.15) is 20.7 Å². The minimum Gasteiger partial charge on any atom is -0.477 e. The minimum absolute atomic E-state index is 0.00439. The summed E-state index contributed by atoms with van der Waals surface area (Å²) in [6, 6.07) is 7.03. The molecule has 1 aromatic heterocycles. The van der Waals surface area contributed by atoms with Crippen molar-refractivity contribution in [2.24, 2.45) is 0 Å². The Morgan fingerprint density at radius 2 is 1.95 bits per heavy atom. The molecule has 0 radical (unpaired) electrons. The molecule has 2 rings (SSSR count). The van der Waals surface area contributed by atoms with Crippen molar-refractivity contribution in [2.45, 2.75) is 6.54 Å². The van der Waals surface area contributed by atoms with Crippen LogP contribution in [0.5, 0.6) is 0 Å². The van der Waals surface area contributed by atoms with Crippen molar-refractivity contribution in [1.29, 1.82) is 0 Å². The minimum atomic E-state index is -1.13. The third-order valence-electron chi connectivity index (χ3n) is 2.86. The summed E-state index contributed by atoms with van der Waals surface area (Å²) in [5.41, 5.74) is -0.289. The number of benzene rings is 1. The lowest BCUT2D eigenvalue weighted by atomic mass is 10.1. The predicted octanol–water partition coefficient (Wildman–Crippen LogP) is 2.23. The summed E-state index contributed by atoms with van der Waals surface area (Å²) in [6.45, 7) is -0.204. The lowest BCUT2D eigenvalue weighted by Crippen LogP contribution is -2.38. The van der Waals surface area contributed by atoms with Gasteiger partial charge in [0, 0.05) is 6.07 Å². The molecule has 0 aliphatic rings. The average Bonchev–Trinajstić information content (AvgIpc) is 2.46. The molecule has 0 saturated heterocycles. The number of nitro benzene ring substituents is 1. The molecule has 1 N–H and O–H groups in total. The number of halogens is 1. The van der Waals surface area contributed by atoms with E-state index in [1.165, 1.54) is 47.3 Å². The highest BCUT2D eigenvalue weighted by Crippen LogP contribution is 2.18. The molecule has 0 unspecified atom stereocenters. The van der Waals surface area contributed by atoms with Gasteiger partial charge in [-0.25, -0.2) is 4.79 Å². The zero-order chi connectivity index (χ0) is 16.3. The zero-order valence-corrected chi connectivity index (χ0v) is 12.7. The molecule has 0 atom stereocenters. The molecule has 1 heterocycles. The Morgan fingerprint density at radius 1 is 1.27 bits per heavy atom. The highest BCUT2D eigenvalue weighted by atomic mass is 79.9. The zero-order valence-electron chi connectivity index (χ0n) is 11.1. The third kappa shape index (κ3) is 3.53. The Kier molecular flexibility index (Phi) is 4.62. The molecule has 0 aliphatic carbocycles. The first-order valence-corrected chi connectivity index (χ1v) is 6.87. The Hall–Kier alpha value is -2.61. The first kappa shape index (κ1) is 15.8. The molecule has 8 heteroatoms. The first-order chi connectivity index (χ1) is 10.4. The number of pyridine rings is 1. The molecule has 0 bridgehead atoms. The fraction of sp³-hybridized carbons (Fsp3) is 0.0714. The van der Waals surface area contributed by atoms with Crippen LogP contribution in [0.4, 0.5) is 5.69 Å². The van der Waals surface area contributed by atoms with Gasteiger partial charge in [0.05, 0.1) is 9.40 Å². The molecule has 0 spiro atoms. The SMILES string of the molecule is O=C(O)c1cc(Br)c[n+](CC(=O)c2ccccc2[N+](=O)[O-])c1. The van der Waals surface area contributed by atoms with Gasteiger partial charge in [-0.15, -0.1) is 0 Å². The molecule has 112 valence electrons. The van der Waals surface area contributed by atoms with Crippen LogP contribution in [0.25, 0.3) is 0 Å². The van der Waals surface area contributed by atoms with E-state index < -0.39 is 16.7 Å². The van der Waals surface area contributed by atoms with Crippen LogP contribution in [0.3, 0.4) is 0 Å². The van der Waals surface area contributed by atoms with Gasteiger partial charge in [0.2, 0.25) is 12.3 Å². The molecule has 2 aromatic rings. The standard InChI is InChI=1S/C14H9BrN2O5/c15-10-5-9(14(19)20)6-16(7-10)8-13(18)11-3-1-2-4-12(11)17(21)22/h1-7H,8H2/p+1. The number of nitrogens with zero attached hydrogens (tertiary/aromatic N) is 2. The first-order valence-electron chi connectivity index (χ1n) is 6.08. The number of carboxylic acids is 1. The number of rotatable bonds is 5. The smallest absolute Gasteiger partial charge is 0.341 e. The van der Waals surface area contributed by atoms with Gasteiger partial charge in [0.1, 0.15) is 11.1 Å². The van der Waals surface area contributed by atoms with Gasteiger partial charge < -0.3 is 5.11 Å². The van der Waals surface area contributed by atoms with Gasteiger partial charge >= 0.3 is 5.97 Å².